The van der Waals surface area contributed by atoms with E-state index < -0.39 is 12.1 Å². The summed E-state index contributed by atoms with van der Waals surface area (Å²) in [6, 6.07) is 11.9. The summed E-state index contributed by atoms with van der Waals surface area (Å²) in [6.45, 7) is 1.92. The van der Waals surface area contributed by atoms with Gasteiger partial charge in [-0.25, -0.2) is 4.79 Å². The molecule has 0 radical (unpaired) electrons. The molecular weight excluding hydrogens is 316 g/mol. The van der Waals surface area contributed by atoms with E-state index in [0.29, 0.717) is 22.0 Å². The molecule has 1 unspecified atom stereocenters. The number of carbonyl (C=O) groups excluding carboxylic acids is 1. The van der Waals surface area contributed by atoms with Gasteiger partial charge in [0.15, 0.2) is 0 Å². The van der Waals surface area contributed by atoms with Crippen LogP contribution in [0.15, 0.2) is 42.5 Å². The average Bonchev–Trinajstić information content (AvgIpc) is 2.57. The number of rotatable bonds is 5. The van der Waals surface area contributed by atoms with Gasteiger partial charge < -0.3 is 20.5 Å². The molecule has 122 valence electrons. The lowest BCUT2D eigenvalue weighted by Crippen LogP contribution is -2.32. The molecule has 0 spiro atoms. The average molecular weight is 335 g/mol. The van der Waals surface area contributed by atoms with Crippen molar-refractivity contribution in [2.45, 2.75) is 13.0 Å². The van der Waals surface area contributed by atoms with Gasteiger partial charge in [-0.3, -0.25) is 0 Å². The number of amides is 2. The monoisotopic (exact) mass is 334 g/mol. The molecule has 2 aromatic carbocycles. The molecule has 0 heterocycles. The molecule has 0 fully saturated rings. The Labute approximate surface area is 140 Å². The molecule has 0 aliphatic rings. The lowest BCUT2D eigenvalue weighted by atomic mass is 10.1. The van der Waals surface area contributed by atoms with Crippen LogP contribution in [0.1, 0.15) is 17.2 Å². The van der Waals surface area contributed by atoms with E-state index in [-0.39, 0.29) is 6.54 Å². The van der Waals surface area contributed by atoms with Crippen LogP contribution in [0.5, 0.6) is 5.75 Å². The number of ether oxygens (including phenoxy) is 1. The highest BCUT2D eigenvalue weighted by molar-refractivity contribution is 6.31. The molecule has 23 heavy (non-hydrogen) atoms. The second-order valence-corrected chi connectivity index (χ2v) is 5.44. The van der Waals surface area contributed by atoms with Crippen molar-refractivity contribution < 1.29 is 14.6 Å². The van der Waals surface area contributed by atoms with Crippen molar-refractivity contribution in [2.75, 3.05) is 19.0 Å². The van der Waals surface area contributed by atoms with Gasteiger partial charge in [-0.05, 0) is 42.3 Å². The standard InChI is InChI=1S/C17H19ClN2O3/c1-11-14(18)4-3-5-15(11)20-17(22)19-10-16(21)12-6-8-13(23-2)9-7-12/h3-9,16,21H,10H2,1-2H3,(H2,19,20,22). The fourth-order valence-corrected chi connectivity index (χ4v) is 2.22. The summed E-state index contributed by atoms with van der Waals surface area (Å²) >= 11 is 6.01. The maximum Gasteiger partial charge on any atom is 0.319 e. The number of hydrogen-bond acceptors (Lipinski definition) is 3. The van der Waals surface area contributed by atoms with Gasteiger partial charge in [-0.15, -0.1) is 0 Å². The highest BCUT2D eigenvalue weighted by Gasteiger charge is 2.11. The van der Waals surface area contributed by atoms with Crippen molar-refractivity contribution in [3.05, 3.63) is 58.6 Å². The number of hydrogen-bond donors (Lipinski definition) is 3. The van der Waals surface area contributed by atoms with Crippen LogP contribution in [0.25, 0.3) is 0 Å². The molecular formula is C17H19ClN2O3. The number of aliphatic hydroxyl groups is 1. The van der Waals surface area contributed by atoms with Crippen molar-refractivity contribution in [3.63, 3.8) is 0 Å². The first-order valence-electron chi connectivity index (χ1n) is 7.13. The minimum atomic E-state index is -0.799. The van der Waals surface area contributed by atoms with Crippen LogP contribution < -0.4 is 15.4 Å². The van der Waals surface area contributed by atoms with Crippen molar-refractivity contribution >= 4 is 23.3 Å². The van der Waals surface area contributed by atoms with E-state index in [1.165, 1.54) is 0 Å². The van der Waals surface area contributed by atoms with E-state index >= 15 is 0 Å². The topological polar surface area (TPSA) is 70.6 Å². The zero-order valence-electron chi connectivity index (χ0n) is 13.0. The molecule has 0 saturated heterocycles. The van der Waals surface area contributed by atoms with Gasteiger partial charge in [0.1, 0.15) is 5.75 Å². The third-order valence-electron chi connectivity index (χ3n) is 3.47. The Hall–Kier alpha value is -2.24. The normalized spacial score (nSPS) is 11.7. The second kappa shape index (κ2) is 7.85. The minimum absolute atomic E-state index is 0.0950. The Kier molecular flexibility index (Phi) is 5.84. The first kappa shape index (κ1) is 17.1. The third-order valence-corrected chi connectivity index (χ3v) is 3.88. The summed E-state index contributed by atoms with van der Waals surface area (Å²) in [5.74, 6) is 0.711. The smallest absolute Gasteiger partial charge is 0.319 e. The lowest BCUT2D eigenvalue weighted by molar-refractivity contribution is 0.175. The predicted octanol–water partition coefficient (Wildman–Crippen LogP) is 3.51. The summed E-state index contributed by atoms with van der Waals surface area (Å²) in [6.07, 6.45) is -0.799. The van der Waals surface area contributed by atoms with Gasteiger partial charge in [0.05, 0.1) is 13.2 Å². The van der Waals surface area contributed by atoms with Crippen LogP contribution in [0.2, 0.25) is 5.02 Å². The van der Waals surface area contributed by atoms with Crippen LogP contribution in [0, 0.1) is 6.92 Å². The number of benzene rings is 2. The number of methoxy groups -OCH3 is 1. The maximum atomic E-state index is 11.9. The molecule has 0 aliphatic carbocycles. The number of carbonyl (C=O) groups is 1. The van der Waals surface area contributed by atoms with Crippen LogP contribution in [0.3, 0.4) is 0 Å². The lowest BCUT2D eigenvalue weighted by Gasteiger charge is -2.14. The zero-order chi connectivity index (χ0) is 16.8. The number of urea groups is 1. The third kappa shape index (κ3) is 4.61. The second-order valence-electron chi connectivity index (χ2n) is 5.04. The summed E-state index contributed by atoms with van der Waals surface area (Å²) in [7, 11) is 1.58. The predicted molar refractivity (Wildman–Crippen MR) is 91.2 cm³/mol. The molecule has 2 amide bonds. The fraction of sp³-hybridized carbons (Fsp3) is 0.235. The number of nitrogens with one attached hydrogen (secondary N) is 2. The molecule has 2 rings (SSSR count). The molecule has 0 aliphatic heterocycles. The SMILES string of the molecule is COc1ccc(C(O)CNC(=O)Nc2cccc(Cl)c2C)cc1. The van der Waals surface area contributed by atoms with Crippen LogP contribution in [0.4, 0.5) is 10.5 Å². The molecule has 5 nitrogen and oxygen atoms in total. The van der Waals surface area contributed by atoms with E-state index in [1.54, 1.807) is 49.6 Å². The minimum Gasteiger partial charge on any atom is -0.497 e. The molecule has 0 aromatic heterocycles. The highest BCUT2D eigenvalue weighted by atomic mass is 35.5. The van der Waals surface area contributed by atoms with Gasteiger partial charge >= 0.3 is 6.03 Å². The van der Waals surface area contributed by atoms with Gasteiger partial charge in [0.2, 0.25) is 0 Å². The van der Waals surface area contributed by atoms with Gasteiger partial charge in [0.25, 0.3) is 0 Å². The molecule has 0 bridgehead atoms. The first-order chi connectivity index (χ1) is 11.0. The zero-order valence-corrected chi connectivity index (χ0v) is 13.7. The summed E-state index contributed by atoms with van der Waals surface area (Å²) in [5.41, 5.74) is 2.12. The van der Waals surface area contributed by atoms with Crippen molar-refractivity contribution in [1.82, 2.24) is 5.32 Å². The summed E-state index contributed by atoms with van der Waals surface area (Å²) < 4.78 is 5.06. The summed E-state index contributed by atoms with van der Waals surface area (Å²) in [5, 5.41) is 16.0. The number of anilines is 1. The van der Waals surface area contributed by atoms with E-state index in [4.69, 9.17) is 16.3 Å². The summed E-state index contributed by atoms with van der Waals surface area (Å²) in [4.78, 5) is 11.9. The Morgan fingerprint density at radius 3 is 2.61 bits per heavy atom. The van der Waals surface area contributed by atoms with E-state index in [9.17, 15) is 9.90 Å². The Morgan fingerprint density at radius 2 is 1.96 bits per heavy atom. The van der Waals surface area contributed by atoms with E-state index in [1.807, 2.05) is 6.92 Å². The highest BCUT2D eigenvalue weighted by Crippen LogP contribution is 2.23. The van der Waals surface area contributed by atoms with Crippen LogP contribution >= 0.6 is 11.6 Å². The van der Waals surface area contributed by atoms with Crippen LogP contribution in [-0.4, -0.2) is 24.8 Å². The molecule has 1 atom stereocenters. The van der Waals surface area contributed by atoms with Crippen molar-refractivity contribution in [1.29, 1.82) is 0 Å². The first-order valence-corrected chi connectivity index (χ1v) is 7.51. The molecule has 6 heteroatoms. The van der Waals surface area contributed by atoms with E-state index in [0.717, 1.165) is 5.56 Å². The van der Waals surface area contributed by atoms with Crippen molar-refractivity contribution in [2.24, 2.45) is 0 Å². The number of aliphatic hydroxyl groups excluding tert-OH is 1. The fourth-order valence-electron chi connectivity index (χ4n) is 2.04. The van der Waals surface area contributed by atoms with Gasteiger partial charge in [-0.1, -0.05) is 29.8 Å². The number of halogens is 1. The van der Waals surface area contributed by atoms with Crippen LogP contribution in [-0.2, 0) is 0 Å². The van der Waals surface area contributed by atoms with Gasteiger partial charge in [0, 0.05) is 17.3 Å². The van der Waals surface area contributed by atoms with Crippen molar-refractivity contribution in [3.8, 4) is 5.75 Å². The Morgan fingerprint density at radius 1 is 1.26 bits per heavy atom. The quantitative estimate of drug-likeness (QED) is 0.783. The largest absolute Gasteiger partial charge is 0.497 e. The van der Waals surface area contributed by atoms with Gasteiger partial charge in [-0.2, -0.15) is 0 Å². The van der Waals surface area contributed by atoms with E-state index in [2.05, 4.69) is 10.6 Å². The molecule has 0 saturated carbocycles. The Balaban J connectivity index is 1.89. The molecule has 3 N–H and O–H groups in total. The maximum absolute atomic E-state index is 11.9. The Bertz CT molecular complexity index is 674. The molecule has 2 aromatic rings.